The van der Waals surface area contributed by atoms with E-state index in [1.54, 1.807) is 12.1 Å². The van der Waals surface area contributed by atoms with Crippen molar-refractivity contribution < 1.29 is 14.3 Å². The van der Waals surface area contributed by atoms with Crippen LogP contribution in [0.15, 0.2) is 36.4 Å². The SMILES string of the molecule is COc1cc(C(=O)Nc2ccccc2C(C)(C)C)cc(Cl)c1OC. The van der Waals surface area contributed by atoms with Gasteiger partial charge in [0.1, 0.15) is 0 Å². The van der Waals surface area contributed by atoms with Crippen molar-refractivity contribution in [1.29, 1.82) is 0 Å². The van der Waals surface area contributed by atoms with E-state index >= 15 is 0 Å². The van der Waals surface area contributed by atoms with E-state index < -0.39 is 0 Å². The van der Waals surface area contributed by atoms with Crippen LogP contribution >= 0.6 is 11.6 Å². The first-order valence-corrected chi connectivity index (χ1v) is 7.98. The van der Waals surface area contributed by atoms with Gasteiger partial charge in [-0.2, -0.15) is 0 Å². The molecule has 0 saturated carbocycles. The molecule has 0 radical (unpaired) electrons. The number of rotatable bonds is 4. The predicted octanol–water partition coefficient (Wildman–Crippen LogP) is 4.91. The Balaban J connectivity index is 2.37. The van der Waals surface area contributed by atoms with E-state index in [4.69, 9.17) is 21.1 Å². The molecular weight excluding hydrogens is 326 g/mol. The summed E-state index contributed by atoms with van der Waals surface area (Å²) >= 11 is 6.18. The molecule has 0 aromatic heterocycles. The van der Waals surface area contributed by atoms with Crippen LogP contribution in [0.5, 0.6) is 11.5 Å². The quantitative estimate of drug-likeness (QED) is 0.855. The summed E-state index contributed by atoms with van der Waals surface area (Å²) in [4.78, 5) is 12.6. The third kappa shape index (κ3) is 3.82. The highest BCUT2D eigenvalue weighted by molar-refractivity contribution is 6.32. The molecule has 0 fully saturated rings. The van der Waals surface area contributed by atoms with Gasteiger partial charge in [0.15, 0.2) is 11.5 Å². The number of carbonyl (C=O) groups excluding carboxylic acids is 1. The molecular formula is C19H22ClNO3. The lowest BCUT2D eigenvalue weighted by molar-refractivity contribution is 0.102. The maximum absolute atomic E-state index is 12.6. The molecule has 0 bridgehead atoms. The Morgan fingerprint density at radius 2 is 1.75 bits per heavy atom. The minimum absolute atomic E-state index is 0.0842. The summed E-state index contributed by atoms with van der Waals surface area (Å²) in [5, 5.41) is 3.28. The van der Waals surface area contributed by atoms with Crippen molar-refractivity contribution >= 4 is 23.2 Å². The van der Waals surface area contributed by atoms with Crippen LogP contribution in [-0.4, -0.2) is 20.1 Å². The highest BCUT2D eigenvalue weighted by atomic mass is 35.5. The van der Waals surface area contributed by atoms with Gasteiger partial charge < -0.3 is 14.8 Å². The predicted molar refractivity (Wildman–Crippen MR) is 97.7 cm³/mol. The number of carbonyl (C=O) groups is 1. The largest absolute Gasteiger partial charge is 0.493 e. The molecule has 1 N–H and O–H groups in total. The van der Waals surface area contributed by atoms with Crippen molar-refractivity contribution in [3.05, 3.63) is 52.5 Å². The molecule has 0 atom stereocenters. The number of nitrogens with one attached hydrogen (secondary N) is 1. The number of ether oxygens (including phenoxy) is 2. The summed E-state index contributed by atoms with van der Waals surface area (Å²) in [7, 11) is 3.01. The molecule has 0 aliphatic carbocycles. The van der Waals surface area contributed by atoms with Gasteiger partial charge in [0.05, 0.1) is 19.2 Å². The van der Waals surface area contributed by atoms with Gasteiger partial charge >= 0.3 is 0 Å². The van der Waals surface area contributed by atoms with Gasteiger partial charge in [-0.1, -0.05) is 50.6 Å². The lowest BCUT2D eigenvalue weighted by Gasteiger charge is -2.23. The normalized spacial score (nSPS) is 11.1. The molecule has 0 saturated heterocycles. The first-order valence-electron chi connectivity index (χ1n) is 7.60. The second-order valence-corrected chi connectivity index (χ2v) is 6.85. The van der Waals surface area contributed by atoms with Crippen molar-refractivity contribution in [3.8, 4) is 11.5 Å². The van der Waals surface area contributed by atoms with Gasteiger partial charge in [-0.25, -0.2) is 0 Å². The van der Waals surface area contributed by atoms with Crippen LogP contribution in [0.1, 0.15) is 36.7 Å². The van der Waals surface area contributed by atoms with Crippen LogP contribution in [-0.2, 0) is 5.41 Å². The third-order valence-electron chi connectivity index (χ3n) is 3.68. The molecule has 4 nitrogen and oxygen atoms in total. The van der Waals surface area contributed by atoms with Crippen LogP contribution in [0.2, 0.25) is 5.02 Å². The molecule has 1 amide bonds. The molecule has 2 aromatic rings. The van der Waals surface area contributed by atoms with E-state index in [0.717, 1.165) is 11.3 Å². The Labute approximate surface area is 147 Å². The zero-order valence-electron chi connectivity index (χ0n) is 14.6. The highest BCUT2D eigenvalue weighted by Crippen LogP contribution is 2.36. The third-order valence-corrected chi connectivity index (χ3v) is 3.96. The van der Waals surface area contributed by atoms with E-state index in [-0.39, 0.29) is 11.3 Å². The number of amides is 1. The summed E-state index contributed by atoms with van der Waals surface area (Å²) in [5.41, 5.74) is 2.16. The Kier molecular flexibility index (Phi) is 5.40. The number of anilines is 1. The fourth-order valence-electron chi connectivity index (χ4n) is 2.49. The minimum Gasteiger partial charge on any atom is -0.493 e. The smallest absolute Gasteiger partial charge is 0.255 e. The fourth-order valence-corrected chi connectivity index (χ4v) is 2.78. The van der Waals surface area contributed by atoms with Gasteiger partial charge in [-0.05, 0) is 29.2 Å². The Hall–Kier alpha value is -2.20. The van der Waals surface area contributed by atoms with Gasteiger partial charge in [0.2, 0.25) is 0 Å². The zero-order valence-corrected chi connectivity index (χ0v) is 15.3. The Bertz CT molecular complexity index is 751. The van der Waals surface area contributed by atoms with Crippen molar-refractivity contribution in [1.82, 2.24) is 0 Å². The van der Waals surface area contributed by atoms with Gasteiger partial charge in [0.25, 0.3) is 5.91 Å². The van der Waals surface area contributed by atoms with Crippen LogP contribution in [0.4, 0.5) is 5.69 Å². The molecule has 0 aliphatic rings. The summed E-state index contributed by atoms with van der Waals surface area (Å²) in [6, 6.07) is 10.9. The van der Waals surface area contributed by atoms with E-state index in [0.29, 0.717) is 22.1 Å². The standard InChI is InChI=1S/C19H22ClNO3/c1-19(2,3)13-8-6-7-9-15(13)21-18(22)12-10-14(20)17(24-5)16(11-12)23-4/h6-11H,1-5H3,(H,21,22). The molecule has 2 aromatic carbocycles. The first-order chi connectivity index (χ1) is 11.3. The fraction of sp³-hybridized carbons (Fsp3) is 0.316. The summed E-state index contributed by atoms with van der Waals surface area (Å²) in [6.45, 7) is 6.31. The molecule has 0 aliphatic heterocycles. The number of hydrogen-bond acceptors (Lipinski definition) is 3. The van der Waals surface area contributed by atoms with Crippen molar-refractivity contribution in [2.75, 3.05) is 19.5 Å². The molecule has 24 heavy (non-hydrogen) atoms. The van der Waals surface area contributed by atoms with Gasteiger partial charge in [-0.15, -0.1) is 0 Å². The highest BCUT2D eigenvalue weighted by Gasteiger charge is 2.20. The molecule has 5 heteroatoms. The van der Waals surface area contributed by atoms with Crippen molar-refractivity contribution in [2.45, 2.75) is 26.2 Å². The molecule has 128 valence electrons. The van der Waals surface area contributed by atoms with E-state index in [1.165, 1.54) is 14.2 Å². The minimum atomic E-state index is -0.255. The van der Waals surface area contributed by atoms with Crippen molar-refractivity contribution in [3.63, 3.8) is 0 Å². The van der Waals surface area contributed by atoms with E-state index in [1.807, 2.05) is 24.3 Å². The van der Waals surface area contributed by atoms with Gasteiger partial charge in [-0.3, -0.25) is 4.79 Å². The molecule has 0 heterocycles. The number of para-hydroxylation sites is 1. The lowest BCUT2D eigenvalue weighted by Crippen LogP contribution is -2.18. The van der Waals surface area contributed by atoms with Crippen LogP contribution in [0, 0.1) is 0 Å². The maximum atomic E-state index is 12.6. The Morgan fingerprint density at radius 1 is 1.08 bits per heavy atom. The topological polar surface area (TPSA) is 47.6 Å². The zero-order chi connectivity index (χ0) is 17.9. The molecule has 2 rings (SSSR count). The number of hydrogen-bond donors (Lipinski definition) is 1. The van der Waals surface area contributed by atoms with Crippen LogP contribution < -0.4 is 14.8 Å². The monoisotopic (exact) mass is 347 g/mol. The summed E-state index contributed by atoms with van der Waals surface area (Å²) < 4.78 is 10.4. The lowest BCUT2D eigenvalue weighted by atomic mass is 9.86. The average molecular weight is 348 g/mol. The molecule has 0 spiro atoms. The average Bonchev–Trinajstić information content (AvgIpc) is 2.53. The maximum Gasteiger partial charge on any atom is 0.255 e. The first kappa shape index (κ1) is 18.1. The molecule has 0 unspecified atom stereocenters. The van der Waals surface area contributed by atoms with Gasteiger partial charge in [0, 0.05) is 11.3 Å². The second-order valence-electron chi connectivity index (χ2n) is 6.44. The Morgan fingerprint density at radius 3 is 2.33 bits per heavy atom. The second kappa shape index (κ2) is 7.14. The van der Waals surface area contributed by atoms with Crippen LogP contribution in [0.3, 0.4) is 0 Å². The van der Waals surface area contributed by atoms with E-state index in [2.05, 4.69) is 26.1 Å². The number of benzene rings is 2. The summed E-state index contributed by atoms with van der Waals surface area (Å²) in [6.07, 6.45) is 0. The number of halogens is 1. The van der Waals surface area contributed by atoms with E-state index in [9.17, 15) is 4.79 Å². The van der Waals surface area contributed by atoms with Crippen LogP contribution in [0.25, 0.3) is 0 Å². The van der Waals surface area contributed by atoms with Crippen molar-refractivity contribution in [2.24, 2.45) is 0 Å². The summed E-state index contributed by atoms with van der Waals surface area (Å²) in [5.74, 6) is 0.569. The number of methoxy groups -OCH3 is 2.